The van der Waals surface area contributed by atoms with Gasteiger partial charge in [-0.15, -0.1) is 0 Å². The van der Waals surface area contributed by atoms with Gasteiger partial charge in [-0.05, 0) is 51.5 Å². The van der Waals surface area contributed by atoms with E-state index in [1.54, 1.807) is 13.8 Å². The third-order valence-electron chi connectivity index (χ3n) is 4.21. The van der Waals surface area contributed by atoms with Crippen LogP contribution in [0.2, 0.25) is 0 Å². The second kappa shape index (κ2) is 8.19. The van der Waals surface area contributed by atoms with Crippen LogP contribution in [0.15, 0.2) is 11.6 Å². The quantitative estimate of drug-likeness (QED) is 0.599. The van der Waals surface area contributed by atoms with Crippen LogP contribution in [0.5, 0.6) is 0 Å². The average molecular weight is 326 g/mol. The molecule has 2 rings (SSSR count). The fourth-order valence-electron chi connectivity index (χ4n) is 3.31. The van der Waals surface area contributed by atoms with E-state index in [2.05, 4.69) is 6.08 Å². The molecular weight excluding hydrogens is 300 g/mol. The van der Waals surface area contributed by atoms with Gasteiger partial charge in [0, 0.05) is 6.61 Å². The van der Waals surface area contributed by atoms with Crippen LogP contribution >= 0.6 is 0 Å². The molecule has 2 amide bonds. The standard InChI is InChI=1S/C16H26N2O5/c1-3-22-15(20)17-13-9-10-14(18(17)16(21)23-4-2)12(13)8-6-5-7-11-19/h8,13-14,19H,3-7,9-11H2,1-2H3/t13-,14+. The Labute approximate surface area is 136 Å². The van der Waals surface area contributed by atoms with E-state index in [4.69, 9.17) is 14.6 Å². The second-order valence-corrected chi connectivity index (χ2v) is 5.62. The Balaban J connectivity index is 2.18. The summed E-state index contributed by atoms with van der Waals surface area (Å²) in [6.45, 7) is 4.19. The van der Waals surface area contributed by atoms with Gasteiger partial charge in [0.1, 0.15) is 0 Å². The number of amides is 2. The van der Waals surface area contributed by atoms with Crippen LogP contribution in [0.3, 0.4) is 0 Å². The Kier molecular flexibility index (Phi) is 6.27. The summed E-state index contributed by atoms with van der Waals surface area (Å²) < 4.78 is 10.2. The lowest BCUT2D eigenvalue weighted by Crippen LogP contribution is -2.53. The molecule has 2 fully saturated rings. The summed E-state index contributed by atoms with van der Waals surface area (Å²) >= 11 is 0. The van der Waals surface area contributed by atoms with Crippen LogP contribution in [0.1, 0.15) is 46.0 Å². The number of hydrogen-bond acceptors (Lipinski definition) is 5. The van der Waals surface area contributed by atoms with Gasteiger partial charge < -0.3 is 14.6 Å². The molecule has 0 aromatic rings. The Hall–Kier alpha value is -1.76. The van der Waals surface area contributed by atoms with Crippen LogP contribution in [-0.2, 0) is 9.47 Å². The lowest BCUT2D eigenvalue weighted by Gasteiger charge is -2.35. The molecule has 0 unspecified atom stereocenters. The molecule has 1 saturated heterocycles. The van der Waals surface area contributed by atoms with Gasteiger partial charge in [-0.1, -0.05) is 6.08 Å². The van der Waals surface area contributed by atoms with Crippen molar-refractivity contribution in [2.75, 3.05) is 19.8 Å². The molecule has 23 heavy (non-hydrogen) atoms. The maximum absolute atomic E-state index is 12.3. The van der Waals surface area contributed by atoms with E-state index >= 15 is 0 Å². The fraction of sp³-hybridized carbons (Fsp3) is 0.750. The van der Waals surface area contributed by atoms with E-state index in [0.29, 0.717) is 0 Å². The Morgan fingerprint density at radius 2 is 1.61 bits per heavy atom. The first-order valence-electron chi connectivity index (χ1n) is 8.38. The topological polar surface area (TPSA) is 79.3 Å². The molecule has 2 atom stereocenters. The molecule has 1 aliphatic carbocycles. The summed E-state index contributed by atoms with van der Waals surface area (Å²) in [6.07, 6.45) is 5.21. The number of unbranched alkanes of at least 4 members (excludes halogenated alkanes) is 2. The van der Waals surface area contributed by atoms with Crippen molar-refractivity contribution in [3.8, 4) is 0 Å². The van der Waals surface area contributed by atoms with Gasteiger partial charge in [0.2, 0.25) is 0 Å². The zero-order valence-corrected chi connectivity index (χ0v) is 13.9. The van der Waals surface area contributed by atoms with E-state index in [-0.39, 0.29) is 31.9 Å². The molecule has 0 aromatic heterocycles. The minimum atomic E-state index is -0.506. The van der Waals surface area contributed by atoms with Crippen molar-refractivity contribution in [2.45, 2.75) is 58.0 Å². The highest BCUT2D eigenvalue weighted by molar-refractivity contribution is 5.77. The number of ether oxygens (including phenoxy) is 2. The Morgan fingerprint density at radius 1 is 1.09 bits per heavy atom. The fourth-order valence-corrected chi connectivity index (χ4v) is 3.31. The number of aliphatic hydroxyl groups is 1. The van der Waals surface area contributed by atoms with Gasteiger partial charge in [0.25, 0.3) is 0 Å². The van der Waals surface area contributed by atoms with Crippen molar-refractivity contribution in [1.29, 1.82) is 0 Å². The smallest absolute Gasteiger partial charge is 0.429 e. The van der Waals surface area contributed by atoms with Crippen molar-refractivity contribution >= 4 is 12.2 Å². The molecule has 1 heterocycles. The number of nitrogens with zero attached hydrogens (tertiary/aromatic N) is 2. The molecule has 0 aromatic carbocycles. The maximum atomic E-state index is 12.3. The molecule has 7 nitrogen and oxygen atoms in total. The predicted molar refractivity (Wildman–Crippen MR) is 83.6 cm³/mol. The second-order valence-electron chi connectivity index (χ2n) is 5.62. The molecule has 7 heteroatoms. The van der Waals surface area contributed by atoms with Gasteiger partial charge in [-0.3, -0.25) is 0 Å². The van der Waals surface area contributed by atoms with Crippen LogP contribution in [0.4, 0.5) is 9.59 Å². The molecule has 0 spiro atoms. The van der Waals surface area contributed by atoms with E-state index in [1.165, 1.54) is 10.0 Å². The van der Waals surface area contributed by atoms with Gasteiger partial charge in [0.15, 0.2) is 0 Å². The predicted octanol–water partition coefficient (Wildman–Crippen LogP) is 2.45. The van der Waals surface area contributed by atoms with Gasteiger partial charge in [-0.25, -0.2) is 19.6 Å². The monoisotopic (exact) mass is 326 g/mol. The van der Waals surface area contributed by atoms with E-state index in [9.17, 15) is 9.59 Å². The number of rotatable bonds is 6. The summed E-state index contributed by atoms with van der Waals surface area (Å²) in [5.74, 6) is 0. The van der Waals surface area contributed by atoms with Crippen molar-refractivity contribution in [3.05, 3.63) is 11.6 Å². The molecule has 1 aliphatic heterocycles. The average Bonchev–Trinajstić information content (AvgIpc) is 3.07. The van der Waals surface area contributed by atoms with Crippen molar-refractivity contribution in [2.24, 2.45) is 0 Å². The highest BCUT2D eigenvalue weighted by Crippen LogP contribution is 2.43. The minimum absolute atomic E-state index is 0.127. The van der Waals surface area contributed by atoms with Crippen molar-refractivity contribution < 1.29 is 24.2 Å². The summed E-state index contributed by atoms with van der Waals surface area (Å²) in [7, 11) is 0. The summed E-state index contributed by atoms with van der Waals surface area (Å²) in [4.78, 5) is 24.5. The summed E-state index contributed by atoms with van der Waals surface area (Å²) in [6, 6.07) is -0.254. The first kappa shape index (κ1) is 17.6. The molecule has 2 bridgehead atoms. The van der Waals surface area contributed by atoms with Gasteiger partial charge in [-0.2, -0.15) is 0 Å². The van der Waals surface area contributed by atoms with E-state index < -0.39 is 12.2 Å². The number of hydrogen-bond donors (Lipinski definition) is 1. The Bertz CT molecular complexity index is 431. The highest BCUT2D eigenvalue weighted by atomic mass is 16.6. The molecule has 2 aliphatic rings. The number of allylic oxidation sites excluding steroid dienone is 1. The summed E-state index contributed by atoms with van der Waals surface area (Å²) in [5.41, 5.74) is 1.09. The number of carbonyl (C=O) groups is 2. The van der Waals surface area contributed by atoms with Crippen LogP contribution in [-0.4, -0.2) is 59.2 Å². The molecule has 1 N–H and O–H groups in total. The van der Waals surface area contributed by atoms with Crippen LogP contribution < -0.4 is 0 Å². The number of fused-ring (bicyclic) bond motifs is 2. The van der Waals surface area contributed by atoms with E-state index in [0.717, 1.165) is 37.7 Å². The Morgan fingerprint density at radius 3 is 2.04 bits per heavy atom. The molecular formula is C16H26N2O5. The SMILES string of the molecule is CCOC(=O)N1[C@@H]2CC[C@@H](C2=CCCCCO)N1C(=O)OCC. The maximum Gasteiger partial charge on any atom is 0.429 e. The van der Waals surface area contributed by atoms with E-state index in [1.807, 2.05) is 0 Å². The first-order chi connectivity index (χ1) is 11.2. The van der Waals surface area contributed by atoms with Gasteiger partial charge >= 0.3 is 12.2 Å². The van der Waals surface area contributed by atoms with Gasteiger partial charge in [0.05, 0.1) is 25.3 Å². The molecule has 130 valence electrons. The minimum Gasteiger partial charge on any atom is -0.448 e. The van der Waals surface area contributed by atoms with Crippen LogP contribution in [0.25, 0.3) is 0 Å². The lowest BCUT2D eigenvalue weighted by molar-refractivity contribution is -0.0378. The highest BCUT2D eigenvalue weighted by Gasteiger charge is 2.53. The normalized spacial score (nSPS) is 24.4. The third kappa shape index (κ3) is 3.60. The van der Waals surface area contributed by atoms with Crippen molar-refractivity contribution in [1.82, 2.24) is 10.0 Å². The van der Waals surface area contributed by atoms with Crippen LogP contribution in [0, 0.1) is 0 Å². The largest absolute Gasteiger partial charge is 0.448 e. The zero-order valence-electron chi connectivity index (χ0n) is 13.9. The number of aliphatic hydroxyl groups excluding tert-OH is 1. The number of hydrazine groups is 1. The number of carbonyl (C=O) groups excluding carboxylic acids is 2. The molecule has 1 saturated carbocycles. The molecule has 0 radical (unpaired) electrons. The lowest BCUT2D eigenvalue weighted by atomic mass is 10.1. The summed E-state index contributed by atoms with van der Waals surface area (Å²) in [5, 5.41) is 11.7. The zero-order chi connectivity index (χ0) is 16.8. The van der Waals surface area contributed by atoms with Crippen molar-refractivity contribution in [3.63, 3.8) is 0 Å². The third-order valence-corrected chi connectivity index (χ3v) is 4.21. The first-order valence-corrected chi connectivity index (χ1v) is 8.38.